The first-order chi connectivity index (χ1) is 10.2. The number of anilines is 1. The van der Waals surface area contributed by atoms with Crippen LogP contribution >= 0.6 is 0 Å². The van der Waals surface area contributed by atoms with Gasteiger partial charge in [0.05, 0.1) is 0 Å². The Morgan fingerprint density at radius 2 is 1.67 bits per heavy atom. The molecular formula is C18H22N2O. The molecule has 0 amide bonds. The summed E-state index contributed by atoms with van der Waals surface area (Å²) < 4.78 is 5.82. The molecule has 2 unspecified atom stereocenters. The van der Waals surface area contributed by atoms with Crippen molar-refractivity contribution in [1.82, 2.24) is 0 Å². The van der Waals surface area contributed by atoms with Crippen LogP contribution < -0.4 is 15.4 Å². The van der Waals surface area contributed by atoms with Crippen molar-refractivity contribution in [3.8, 4) is 11.5 Å². The summed E-state index contributed by atoms with van der Waals surface area (Å²) in [6.45, 7) is 4.29. The van der Waals surface area contributed by atoms with Crippen LogP contribution in [0, 0.1) is 5.92 Å². The number of para-hydroxylation sites is 1. The number of rotatable bonds is 3. The lowest BCUT2D eigenvalue weighted by atomic mass is 9.94. The van der Waals surface area contributed by atoms with E-state index in [9.17, 15) is 0 Å². The van der Waals surface area contributed by atoms with Crippen molar-refractivity contribution in [2.24, 2.45) is 11.7 Å². The van der Waals surface area contributed by atoms with Gasteiger partial charge < -0.3 is 15.4 Å². The van der Waals surface area contributed by atoms with E-state index in [1.165, 1.54) is 5.69 Å². The van der Waals surface area contributed by atoms with Crippen molar-refractivity contribution in [1.29, 1.82) is 0 Å². The third kappa shape index (κ3) is 3.37. The van der Waals surface area contributed by atoms with E-state index in [0.29, 0.717) is 12.0 Å². The van der Waals surface area contributed by atoms with Crippen LogP contribution in [0.2, 0.25) is 0 Å². The summed E-state index contributed by atoms with van der Waals surface area (Å²) in [5.41, 5.74) is 7.33. The molecule has 3 rings (SSSR count). The maximum Gasteiger partial charge on any atom is 0.127 e. The highest BCUT2D eigenvalue weighted by atomic mass is 16.5. The first kappa shape index (κ1) is 14.0. The van der Waals surface area contributed by atoms with Crippen molar-refractivity contribution in [2.75, 3.05) is 18.0 Å². The van der Waals surface area contributed by atoms with Crippen molar-refractivity contribution in [3.63, 3.8) is 0 Å². The van der Waals surface area contributed by atoms with E-state index in [0.717, 1.165) is 31.0 Å². The fourth-order valence-electron chi connectivity index (χ4n) is 2.75. The molecule has 1 fully saturated rings. The fraction of sp³-hybridized carbons (Fsp3) is 0.333. The quantitative estimate of drug-likeness (QED) is 0.934. The SMILES string of the molecule is CC1CN(c2ccc(Oc3ccccc3)cc2)CCC1N. The zero-order valence-electron chi connectivity index (χ0n) is 12.4. The molecule has 1 aliphatic heterocycles. The van der Waals surface area contributed by atoms with E-state index >= 15 is 0 Å². The molecule has 110 valence electrons. The van der Waals surface area contributed by atoms with Gasteiger partial charge in [0.1, 0.15) is 11.5 Å². The van der Waals surface area contributed by atoms with Crippen LogP contribution in [0.15, 0.2) is 54.6 Å². The number of nitrogens with two attached hydrogens (primary N) is 1. The predicted molar refractivity (Wildman–Crippen MR) is 86.9 cm³/mol. The summed E-state index contributed by atoms with van der Waals surface area (Å²) in [5, 5.41) is 0. The number of ether oxygens (including phenoxy) is 1. The molecule has 1 saturated heterocycles. The average molecular weight is 282 g/mol. The van der Waals surface area contributed by atoms with Gasteiger partial charge in [0.25, 0.3) is 0 Å². The molecule has 0 saturated carbocycles. The lowest BCUT2D eigenvalue weighted by molar-refractivity contribution is 0.383. The van der Waals surface area contributed by atoms with E-state index in [1.807, 2.05) is 42.5 Å². The lowest BCUT2D eigenvalue weighted by Crippen LogP contribution is -2.45. The number of hydrogen-bond donors (Lipinski definition) is 1. The van der Waals surface area contributed by atoms with E-state index in [1.54, 1.807) is 0 Å². The van der Waals surface area contributed by atoms with Crippen LogP contribution in [-0.4, -0.2) is 19.1 Å². The minimum Gasteiger partial charge on any atom is -0.457 e. The van der Waals surface area contributed by atoms with Crippen molar-refractivity contribution < 1.29 is 4.74 Å². The normalized spacial score (nSPS) is 22.1. The smallest absolute Gasteiger partial charge is 0.127 e. The molecule has 0 aliphatic carbocycles. The van der Waals surface area contributed by atoms with Gasteiger partial charge in [-0.15, -0.1) is 0 Å². The van der Waals surface area contributed by atoms with E-state index in [4.69, 9.17) is 10.5 Å². The second-order valence-corrected chi connectivity index (χ2v) is 5.78. The van der Waals surface area contributed by atoms with Gasteiger partial charge >= 0.3 is 0 Å². The molecule has 3 heteroatoms. The summed E-state index contributed by atoms with van der Waals surface area (Å²) in [6, 6.07) is 18.5. The molecule has 2 aromatic carbocycles. The number of nitrogens with zero attached hydrogens (tertiary/aromatic N) is 1. The van der Waals surface area contributed by atoms with Gasteiger partial charge in [-0.3, -0.25) is 0 Å². The first-order valence-electron chi connectivity index (χ1n) is 7.56. The van der Waals surface area contributed by atoms with Crippen LogP contribution in [0.4, 0.5) is 5.69 Å². The van der Waals surface area contributed by atoms with Crippen molar-refractivity contribution >= 4 is 5.69 Å². The van der Waals surface area contributed by atoms with E-state index < -0.39 is 0 Å². The van der Waals surface area contributed by atoms with Crippen LogP contribution in [0.1, 0.15) is 13.3 Å². The number of benzene rings is 2. The van der Waals surface area contributed by atoms with Crippen LogP contribution in [0.5, 0.6) is 11.5 Å². The zero-order valence-corrected chi connectivity index (χ0v) is 12.4. The van der Waals surface area contributed by atoms with Gasteiger partial charge in [0.2, 0.25) is 0 Å². The van der Waals surface area contributed by atoms with E-state index in [-0.39, 0.29) is 0 Å². The molecule has 1 heterocycles. The maximum atomic E-state index is 6.08. The molecule has 2 atom stereocenters. The first-order valence-corrected chi connectivity index (χ1v) is 7.56. The Morgan fingerprint density at radius 3 is 2.33 bits per heavy atom. The van der Waals surface area contributed by atoms with Gasteiger partial charge in [-0.1, -0.05) is 25.1 Å². The Balaban J connectivity index is 1.67. The molecule has 0 bridgehead atoms. The Bertz CT molecular complexity index is 568. The highest BCUT2D eigenvalue weighted by molar-refractivity contribution is 5.50. The van der Waals surface area contributed by atoms with Crippen molar-refractivity contribution in [3.05, 3.63) is 54.6 Å². The summed E-state index contributed by atoms with van der Waals surface area (Å²) in [7, 11) is 0. The van der Waals surface area contributed by atoms with E-state index in [2.05, 4.69) is 24.0 Å². The standard InChI is InChI=1S/C18H22N2O/c1-14-13-20(12-11-18(14)19)15-7-9-17(10-8-15)21-16-5-3-2-4-6-16/h2-10,14,18H,11-13,19H2,1H3. The van der Waals surface area contributed by atoms with Gasteiger partial charge in [-0.05, 0) is 48.7 Å². The minimum atomic E-state index is 0.335. The Hall–Kier alpha value is -2.00. The number of hydrogen-bond acceptors (Lipinski definition) is 3. The van der Waals surface area contributed by atoms with Crippen LogP contribution in [0.25, 0.3) is 0 Å². The highest BCUT2D eigenvalue weighted by Crippen LogP contribution is 2.26. The second kappa shape index (κ2) is 6.19. The Kier molecular flexibility index (Phi) is 4.11. The number of piperidine rings is 1. The third-order valence-corrected chi connectivity index (χ3v) is 4.15. The molecule has 0 aromatic heterocycles. The Morgan fingerprint density at radius 1 is 1.00 bits per heavy atom. The van der Waals surface area contributed by atoms with Gasteiger partial charge in [0, 0.05) is 24.8 Å². The molecular weight excluding hydrogens is 260 g/mol. The van der Waals surface area contributed by atoms with Crippen LogP contribution in [-0.2, 0) is 0 Å². The zero-order chi connectivity index (χ0) is 14.7. The van der Waals surface area contributed by atoms with Crippen LogP contribution in [0.3, 0.4) is 0 Å². The molecule has 2 N–H and O–H groups in total. The average Bonchev–Trinajstić information content (AvgIpc) is 2.52. The Labute approximate surface area is 126 Å². The topological polar surface area (TPSA) is 38.5 Å². The summed E-state index contributed by atoms with van der Waals surface area (Å²) in [6.07, 6.45) is 1.06. The minimum absolute atomic E-state index is 0.335. The molecule has 2 aromatic rings. The molecule has 1 aliphatic rings. The maximum absolute atomic E-state index is 6.08. The summed E-state index contributed by atoms with van der Waals surface area (Å²) in [5.74, 6) is 2.27. The molecule has 0 spiro atoms. The second-order valence-electron chi connectivity index (χ2n) is 5.78. The molecule has 21 heavy (non-hydrogen) atoms. The highest BCUT2D eigenvalue weighted by Gasteiger charge is 2.23. The monoisotopic (exact) mass is 282 g/mol. The van der Waals surface area contributed by atoms with Crippen molar-refractivity contribution in [2.45, 2.75) is 19.4 Å². The summed E-state index contributed by atoms with van der Waals surface area (Å²) >= 11 is 0. The third-order valence-electron chi connectivity index (χ3n) is 4.15. The predicted octanol–water partition coefficient (Wildman–Crippen LogP) is 3.65. The van der Waals surface area contributed by atoms with Gasteiger partial charge in [-0.25, -0.2) is 0 Å². The summed E-state index contributed by atoms with van der Waals surface area (Å²) in [4.78, 5) is 2.40. The molecule has 0 radical (unpaired) electrons. The van der Waals surface area contributed by atoms with Gasteiger partial charge in [0.15, 0.2) is 0 Å². The lowest BCUT2D eigenvalue weighted by Gasteiger charge is -2.36. The van der Waals surface area contributed by atoms with Gasteiger partial charge in [-0.2, -0.15) is 0 Å². The fourth-order valence-corrected chi connectivity index (χ4v) is 2.75. The largest absolute Gasteiger partial charge is 0.457 e. The molecule has 3 nitrogen and oxygen atoms in total.